The highest BCUT2D eigenvalue weighted by Gasteiger charge is 2.44. The zero-order valence-electron chi connectivity index (χ0n) is 9.85. The Hall–Kier alpha value is -0.900. The molecular formula is C11H21FN2O. The second kappa shape index (κ2) is 6.56. The summed E-state index contributed by atoms with van der Waals surface area (Å²) in [5.74, 6) is -0.190. The lowest BCUT2D eigenvalue weighted by molar-refractivity contribution is -0.139. The maximum atomic E-state index is 13.5. The van der Waals surface area contributed by atoms with Gasteiger partial charge in [0.25, 0.3) is 0 Å². The van der Waals surface area contributed by atoms with Crippen LogP contribution in [0.1, 0.15) is 20.8 Å². The molecule has 1 aliphatic heterocycles. The van der Waals surface area contributed by atoms with Crippen LogP contribution in [0.4, 0.5) is 4.39 Å². The van der Waals surface area contributed by atoms with Crippen molar-refractivity contribution >= 4 is 5.91 Å². The van der Waals surface area contributed by atoms with E-state index in [1.54, 1.807) is 0 Å². The number of hydrogen-bond acceptors (Lipinski definition) is 2. The molecule has 1 N–H and O–H groups in total. The average Bonchev–Trinajstić information content (AvgIpc) is 2.24. The van der Waals surface area contributed by atoms with Gasteiger partial charge in [-0.1, -0.05) is 27.4 Å². The number of likely N-dealkylation sites (tertiary alicyclic amines) is 1. The van der Waals surface area contributed by atoms with E-state index in [-0.39, 0.29) is 19.0 Å². The van der Waals surface area contributed by atoms with Crippen LogP contribution in [0.25, 0.3) is 0 Å². The van der Waals surface area contributed by atoms with Gasteiger partial charge >= 0.3 is 0 Å². The highest BCUT2D eigenvalue weighted by molar-refractivity contribution is 5.87. The van der Waals surface area contributed by atoms with E-state index in [4.69, 9.17) is 0 Å². The molecule has 1 amide bonds. The Bertz CT molecular complexity index is 213. The average molecular weight is 216 g/mol. The van der Waals surface area contributed by atoms with Gasteiger partial charge in [0.05, 0.1) is 13.1 Å². The molecule has 1 heterocycles. The number of rotatable bonds is 4. The number of amides is 1. The highest BCUT2D eigenvalue weighted by atomic mass is 19.1. The Morgan fingerprint density at radius 3 is 2.53 bits per heavy atom. The quantitative estimate of drug-likeness (QED) is 0.720. The molecule has 1 fully saturated rings. The van der Waals surface area contributed by atoms with E-state index in [1.807, 2.05) is 20.8 Å². The fourth-order valence-corrected chi connectivity index (χ4v) is 1.38. The lowest BCUT2D eigenvalue weighted by atomic mass is 9.96. The smallest absolute Gasteiger partial charge is 0.246 e. The minimum atomic E-state index is -1.23. The molecule has 4 heteroatoms. The summed E-state index contributed by atoms with van der Waals surface area (Å²) in [5, 5.41) is 2.93. The van der Waals surface area contributed by atoms with Crippen LogP contribution >= 0.6 is 0 Å². The molecule has 0 spiro atoms. The van der Waals surface area contributed by atoms with E-state index in [2.05, 4.69) is 11.9 Å². The van der Waals surface area contributed by atoms with Gasteiger partial charge in [0.1, 0.15) is 0 Å². The first kappa shape index (κ1) is 14.1. The normalized spacial score (nSPS) is 17.2. The third kappa shape index (κ3) is 4.00. The van der Waals surface area contributed by atoms with Crippen LogP contribution in [0.2, 0.25) is 0 Å². The Labute approximate surface area is 91.3 Å². The van der Waals surface area contributed by atoms with Gasteiger partial charge in [-0.3, -0.25) is 4.79 Å². The molecule has 0 unspecified atom stereocenters. The van der Waals surface area contributed by atoms with Gasteiger partial charge in [-0.25, -0.2) is 4.39 Å². The second-order valence-electron chi connectivity index (χ2n) is 3.33. The molecule has 3 nitrogen and oxygen atoms in total. The number of nitrogens with one attached hydrogen (secondary N) is 1. The Balaban J connectivity index is 0.000000921. The first-order chi connectivity index (χ1) is 7.11. The Morgan fingerprint density at radius 2 is 2.13 bits per heavy atom. The van der Waals surface area contributed by atoms with Crippen molar-refractivity contribution in [1.29, 1.82) is 0 Å². The largest absolute Gasteiger partial charge is 0.333 e. The molecule has 0 atom stereocenters. The van der Waals surface area contributed by atoms with Crippen molar-refractivity contribution in [2.45, 2.75) is 26.4 Å². The summed E-state index contributed by atoms with van der Waals surface area (Å²) in [6.45, 7) is 10.7. The van der Waals surface area contributed by atoms with Gasteiger partial charge in [-0.15, -0.1) is 0 Å². The number of nitrogens with zero attached hydrogens (tertiary/aromatic N) is 1. The highest BCUT2D eigenvalue weighted by Crippen LogP contribution is 2.24. The van der Waals surface area contributed by atoms with Crippen LogP contribution in [0, 0.1) is 0 Å². The minimum Gasteiger partial charge on any atom is -0.333 e. The number of alkyl halides is 1. The summed E-state index contributed by atoms with van der Waals surface area (Å²) in [6, 6.07) is 0. The Kier molecular flexibility index (Phi) is 6.17. The van der Waals surface area contributed by atoms with Crippen molar-refractivity contribution < 1.29 is 9.18 Å². The van der Waals surface area contributed by atoms with Crippen LogP contribution in [0.15, 0.2) is 12.7 Å². The fourth-order valence-electron chi connectivity index (χ4n) is 1.38. The van der Waals surface area contributed by atoms with Gasteiger partial charge in [0.2, 0.25) is 5.91 Å². The molecule has 0 aromatic rings. The second-order valence-corrected chi connectivity index (χ2v) is 3.33. The molecule has 0 aliphatic carbocycles. The number of hydrogen-bond donors (Lipinski definition) is 1. The van der Waals surface area contributed by atoms with E-state index in [1.165, 1.54) is 11.0 Å². The number of carbonyl (C=O) groups excluding carboxylic acids is 1. The summed E-state index contributed by atoms with van der Waals surface area (Å²) < 4.78 is 13.5. The summed E-state index contributed by atoms with van der Waals surface area (Å²) in [7, 11) is 0. The van der Waals surface area contributed by atoms with E-state index in [9.17, 15) is 9.18 Å². The molecule has 88 valence electrons. The van der Waals surface area contributed by atoms with Crippen LogP contribution in [0.5, 0.6) is 0 Å². The maximum Gasteiger partial charge on any atom is 0.246 e. The van der Waals surface area contributed by atoms with Crippen LogP contribution < -0.4 is 5.32 Å². The SMILES string of the molecule is C=CC(=O)N1CC(F)(CNCC)C1.CC. The summed E-state index contributed by atoms with van der Waals surface area (Å²) >= 11 is 0. The standard InChI is InChI=1S/C9H15FN2O.C2H6/c1-3-8(13)12-6-9(10,7-12)5-11-4-2;1-2/h3,11H,1,4-7H2,2H3;1-2H3. The molecule has 1 saturated heterocycles. The first-order valence-electron chi connectivity index (χ1n) is 5.42. The van der Waals surface area contributed by atoms with Gasteiger partial charge in [0, 0.05) is 6.54 Å². The minimum absolute atomic E-state index is 0.185. The van der Waals surface area contributed by atoms with Gasteiger partial charge in [-0.05, 0) is 12.6 Å². The van der Waals surface area contributed by atoms with E-state index in [0.717, 1.165) is 6.54 Å². The predicted octanol–water partition coefficient (Wildman–Crippen LogP) is 1.36. The van der Waals surface area contributed by atoms with Crippen molar-refractivity contribution in [2.24, 2.45) is 0 Å². The molecule has 15 heavy (non-hydrogen) atoms. The summed E-state index contributed by atoms with van der Waals surface area (Å²) in [6.07, 6.45) is 1.22. The molecule has 0 bridgehead atoms. The molecule has 1 aliphatic rings. The van der Waals surface area contributed by atoms with Crippen LogP contribution in [-0.4, -0.2) is 42.7 Å². The van der Waals surface area contributed by atoms with Gasteiger partial charge in [-0.2, -0.15) is 0 Å². The molecule has 1 rings (SSSR count). The van der Waals surface area contributed by atoms with Gasteiger partial charge < -0.3 is 10.2 Å². The third-order valence-corrected chi connectivity index (χ3v) is 2.13. The molecule has 0 radical (unpaired) electrons. The first-order valence-corrected chi connectivity index (χ1v) is 5.42. The van der Waals surface area contributed by atoms with Gasteiger partial charge in [0.15, 0.2) is 5.67 Å². The molecule has 0 aromatic carbocycles. The summed E-state index contributed by atoms with van der Waals surface area (Å²) in [5.41, 5.74) is -1.23. The molecule has 0 saturated carbocycles. The zero-order valence-corrected chi connectivity index (χ0v) is 9.85. The van der Waals surface area contributed by atoms with Crippen molar-refractivity contribution in [3.05, 3.63) is 12.7 Å². The molecular weight excluding hydrogens is 195 g/mol. The monoisotopic (exact) mass is 216 g/mol. The van der Waals surface area contributed by atoms with Crippen LogP contribution in [-0.2, 0) is 4.79 Å². The fraction of sp³-hybridized carbons (Fsp3) is 0.727. The number of carbonyl (C=O) groups is 1. The third-order valence-electron chi connectivity index (χ3n) is 2.13. The molecule has 0 aromatic heterocycles. The van der Waals surface area contributed by atoms with E-state index >= 15 is 0 Å². The van der Waals surface area contributed by atoms with E-state index < -0.39 is 5.67 Å². The number of halogens is 1. The summed E-state index contributed by atoms with van der Waals surface area (Å²) in [4.78, 5) is 12.4. The zero-order chi connectivity index (χ0) is 11.9. The Morgan fingerprint density at radius 1 is 1.60 bits per heavy atom. The topological polar surface area (TPSA) is 32.3 Å². The predicted molar refractivity (Wildman–Crippen MR) is 60.5 cm³/mol. The van der Waals surface area contributed by atoms with E-state index in [0.29, 0.717) is 6.54 Å². The van der Waals surface area contributed by atoms with Crippen LogP contribution in [0.3, 0.4) is 0 Å². The maximum absolute atomic E-state index is 13.5. The lowest BCUT2D eigenvalue weighted by Crippen LogP contribution is -2.64. The van der Waals surface area contributed by atoms with Crippen molar-refractivity contribution in [2.75, 3.05) is 26.2 Å². The lowest BCUT2D eigenvalue weighted by Gasteiger charge is -2.44. The van der Waals surface area contributed by atoms with Crippen molar-refractivity contribution in [1.82, 2.24) is 10.2 Å². The van der Waals surface area contributed by atoms with Crippen molar-refractivity contribution in [3.8, 4) is 0 Å². The van der Waals surface area contributed by atoms with Crippen molar-refractivity contribution in [3.63, 3.8) is 0 Å².